The van der Waals surface area contributed by atoms with Gasteiger partial charge in [-0.2, -0.15) is 0 Å². The lowest BCUT2D eigenvalue weighted by molar-refractivity contribution is 0.0696. The quantitative estimate of drug-likeness (QED) is 0.824. The van der Waals surface area contributed by atoms with Gasteiger partial charge in [0.25, 0.3) is 0 Å². The minimum atomic E-state index is -0.860. The zero-order chi connectivity index (χ0) is 12.6. The van der Waals surface area contributed by atoms with Crippen LogP contribution in [0.5, 0.6) is 0 Å². The highest BCUT2D eigenvalue weighted by atomic mass is 16.4. The molecule has 0 atom stereocenters. The van der Waals surface area contributed by atoms with Gasteiger partial charge in [-0.05, 0) is 17.5 Å². The molecule has 0 saturated heterocycles. The van der Waals surface area contributed by atoms with Crippen molar-refractivity contribution in [2.45, 2.75) is 27.3 Å². The largest absolute Gasteiger partial charge is 0.478 e. The molecule has 1 aromatic rings. The van der Waals surface area contributed by atoms with Gasteiger partial charge in [0.2, 0.25) is 0 Å². The highest BCUT2D eigenvalue weighted by molar-refractivity contribution is 5.91. The molecule has 4 nitrogen and oxygen atoms in total. The predicted octanol–water partition coefficient (Wildman–Crippen LogP) is 2.26. The van der Waals surface area contributed by atoms with E-state index in [-0.39, 0.29) is 5.41 Å². The minimum absolute atomic E-state index is 0.161. The van der Waals surface area contributed by atoms with Crippen molar-refractivity contribution in [3.8, 4) is 0 Å². The van der Waals surface area contributed by atoms with E-state index in [0.29, 0.717) is 12.1 Å². The molecule has 0 amide bonds. The Labute approximate surface area is 101 Å². The summed E-state index contributed by atoms with van der Waals surface area (Å²) in [5.74, 6) is -0.860. The molecule has 0 bridgehead atoms. The highest BCUT2D eigenvalue weighted by Gasteiger charge is 2.26. The number of hydrogen-bond acceptors (Lipinski definition) is 3. The monoisotopic (exact) mass is 234 g/mol. The lowest BCUT2D eigenvalue weighted by Crippen LogP contribution is -2.38. The molecule has 17 heavy (non-hydrogen) atoms. The number of carboxylic acids is 1. The van der Waals surface area contributed by atoms with Gasteiger partial charge < -0.3 is 10.1 Å². The van der Waals surface area contributed by atoms with Gasteiger partial charge in [0.15, 0.2) is 0 Å². The number of aromatic carboxylic acids is 1. The van der Waals surface area contributed by atoms with E-state index in [1.807, 2.05) is 11.1 Å². The molecule has 0 aromatic heterocycles. The summed E-state index contributed by atoms with van der Waals surface area (Å²) in [6.45, 7) is 7.92. The lowest BCUT2D eigenvalue weighted by Gasteiger charge is -2.28. The van der Waals surface area contributed by atoms with Crippen molar-refractivity contribution >= 4 is 11.7 Å². The van der Waals surface area contributed by atoms with Crippen molar-refractivity contribution in [2.75, 3.05) is 11.6 Å². The van der Waals surface area contributed by atoms with Crippen LogP contribution in [0, 0.1) is 5.41 Å². The number of hydrazine groups is 1. The van der Waals surface area contributed by atoms with Crippen LogP contribution >= 0.6 is 0 Å². The summed E-state index contributed by atoms with van der Waals surface area (Å²) >= 11 is 0. The summed E-state index contributed by atoms with van der Waals surface area (Å²) < 4.78 is 0. The van der Waals surface area contributed by atoms with Crippen molar-refractivity contribution in [1.29, 1.82) is 0 Å². The Hall–Kier alpha value is -1.55. The van der Waals surface area contributed by atoms with Gasteiger partial charge in [0, 0.05) is 18.7 Å². The molecule has 2 N–H and O–H groups in total. The van der Waals surface area contributed by atoms with Crippen LogP contribution in [0.3, 0.4) is 0 Å². The number of nitrogens with one attached hydrogen (secondary N) is 1. The van der Waals surface area contributed by atoms with E-state index in [1.54, 1.807) is 12.1 Å². The van der Waals surface area contributed by atoms with Crippen LogP contribution in [0.15, 0.2) is 18.2 Å². The van der Waals surface area contributed by atoms with E-state index in [0.717, 1.165) is 17.8 Å². The maximum Gasteiger partial charge on any atom is 0.336 e. The number of nitrogens with zero attached hydrogens (tertiary/aromatic N) is 1. The summed E-state index contributed by atoms with van der Waals surface area (Å²) in [7, 11) is 0. The number of carbonyl (C=O) groups is 1. The zero-order valence-electron chi connectivity index (χ0n) is 10.4. The first-order valence-electron chi connectivity index (χ1n) is 5.75. The van der Waals surface area contributed by atoms with Gasteiger partial charge >= 0.3 is 5.97 Å². The van der Waals surface area contributed by atoms with Crippen molar-refractivity contribution in [2.24, 2.45) is 5.41 Å². The smallest absolute Gasteiger partial charge is 0.336 e. The Morgan fingerprint density at radius 2 is 2.18 bits per heavy atom. The Bertz CT molecular complexity index is 449. The topological polar surface area (TPSA) is 52.6 Å². The summed E-state index contributed by atoms with van der Waals surface area (Å²) in [4.78, 5) is 11.1. The normalized spacial score (nSPS) is 14.9. The third kappa shape index (κ3) is 2.42. The molecule has 0 unspecified atom stereocenters. The van der Waals surface area contributed by atoms with Crippen molar-refractivity contribution < 1.29 is 9.90 Å². The molecule has 1 aliphatic heterocycles. The number of benzene rings is 1. The highest BCUT2D eigenvalue weighted by Crippen LogP contribution is 2.30. The van der Waals surface area contributed by atoms with Crippen LogP contribution in [0.1, 0.15) is 36.7 Å². The summed E-state index contributed by atoms with van der Waals surface area (Å²) in [6.07, 6.45) is 0. The fourth-order valence-corrected chi connectivity index (χ4v) is 2.09. The van der Waals surface area contributed by atoms with E-state index in [1.165, 1.54) is 0 Å². The second-order valence-electron chi connectivity index (χ2n) is 5.59. The van der Waals surface area contributed by atoms with E-state index < -0.39 is 5.97 Å². The molecule has 0 aliphatic carbocycles. The molecule has 1 aliphatic rings. The maximum atomic E-state index is 11.1. The SMILES string of the molecule is CC(C)(C)CN1NCc2c(C(=O)O)cccc21. The van der Waals surface area contributed by atoms with Crippen LogP contribution in [-0.2, 0) is 6.54 Å². The van der Waals surface area contributed by atoms with Crippen molar-refractivity contribution in [3.05, 3.63) is 29.3 Å². The van der Waals surface area contributed by atoms with Crippen LogP contribution in [-0.4, -0.2) is 17.6 Å². The maximum absolute atomic E-state index is 11.1. The van der Waals surface area contributed by atoms with Crippen LogP contribution in [0.4, 0.5) is 5.69 Å². The van der Waals surface area contributed by atoms with Crippen LogP contribution < -0.4 is 10.4 Å². The summed E-state index contributed by atoms with van der Waals surface area (Å²) in [5, 5.41) is 11.2. The number of rotatable bonds is 2. The van der Waals surface area contributed by atoms with E-state index in [9.17, 15) is 4.79 Å². The molecule has 1 aromatic carbocycles. The minimum Gasteiger partial charge on any atom is -0.478 e. The van der Waals surface area contributed by atoms with Crippen molar-refractivity contribution in [1.82, 2.24) is 5.43 Å². The fourth-order valence-electron chi connectivity index (χ4n) is 2.09. The number of fused-ring (bicyclic) bond motifs is 1. The van der Waals surface area contributed by atoms with Crippen LogP contribution in [0.2, 0.25) is 0 Å². The predicted molar refractivity (Wildman–Crippen MR) is 67.0 cm³/mol. The van der Waals surface area contributed by atoms with Gasteiger partial charge in [-0.15, -0.1) is 0 Å². The molecule has 0 saturated carbocycles. The van der Waals surface area contributed by atoms with E-state index in [4.69, 9.17) is 5.11 Å². The van der Waals surface area contributed by atoms with Gasteiger partial charge in [-0.3, -0.25) is 0 Å². The standard InChI is InChI=1S/C13H18N2O2/c1-13(2,3)8-15-11-6-4-5-9(12(16)17)10(11)7-14-15/h4-6,14H,7-8H2,1-3H3,(H,16,17). The number of hydrogen-bond donors (Lipinski definition) is 2. The first-order chi connectivity index (χ1) is 7.88. The number of anilines is 1. The second-order valence-corrected chi connectivity index (χ2v) is 5.59. The Morgan fingerprint density at radius 3 is 2.76 bits per heavy atom. The lowest BCUT2D eigenvalue weighted by atomic mass is 9.96. The molecule has 0 spiro atoms. The molecule has 4 heteroatoms. The zero-order valence-corrected chi connectivity index (χ0v) is 10.4. The van der Waals surface area contributed by atoms with Gasteiger partial charge in [0.1, 0.15) is 0 Å². The first kappa shape index (κ1) is 11.9. The second kappa shape index (κ2) is 4.04. The Morgan fingerprint density at radius 1 is 1.47 bits per heavy atom. The Kier molecular flexibility index (Phi) is 2.83. The van der Waals surface area contributed by atoms with Crippen LogP contribution in [0.25, 0.3) is 0 Å². The molecular weight excluding hydrogens is 216 g/mol. The first-order valence-corrected chi connectivity index (χ1v) is 5.75. The third-order valence-electron chi connectivity index (χ3n) is 2.75. The molecule has 2 rings (SSSR count). The molecular formula is C13H18N2O2. The van der Waals surface area contributed by atoms with Gasteiger partial charge in [-0.1, -0.05) is 26.8 Å². The molecule has 1 heterocycles. The Balaban J connectivity index is 2.33. The molecule has 0 radical (unpaired) electrons. The van der Waals surface area contributed by atoms with Gasteiger partial charge in [-0.25, -0.2) is 10.2 Å². The van der Waals surface area contributed by atoms with E-state index in [2.05, 4.69) is 26.2 Å². The fraction of sp³-hybridized carbons (Fsp3) is 0.462. The number of carboxylic acid groups (broad SMARTS) is 1. The molecule has 0 fully saturated rings. The summed E-state index contributed by atoms with van der Waals surface area (Å²) in [5.41, 5.74) is 5.66. The summed E-state index contributed by atoms with van der Waals surface area (Å²) in [6, 6.07) is 5.42. The van der Waals surface area contributed by atoms with Gasteiger partial charge in [0.05, 0.1) is 11.3 Å². The molecule has 92 valence electrons. The third-order valence-corrected chi connectivity index (χ3v) is 2.75. The average molecular weight is 234 g/mol. The average Bonchev–Trinajstić information content (AvgIpc) is 2.59. The van der Waals surface area contributed by atoms with E-state index >= 15 is 0 Å². The van der Waals surface area contributed by atoms with Crippen molar-refractivity contribution in [3.63, 3.8) is 0 Å².